The molecule has 2 heterocycles. The normalized spacial score (nSPS) is 29.3. The number of carbonyl (C=O) groups is 8. The van der Waals surface area contributed by atoms with Crippen molar-refractivity contribution in [2.45, 2.75) is 116 Å². The van der Waals surface area contributed by atoms with Crippen LogP contribution in [0.5, 0.6) is 0 Å². The molecule has 2 aliphatic heterocycles. The molecule has 2 saturated heterocycles. The van der Waals surface area contributed by atoms with Gasteiger partial charge in [-0.3, -0.25) is 38.4 Å². The van der Waals surface area contributed by atoms with Crippen LogP contribution in [0.15, 0.2) is 0 Å². The number of amides is 1. The molecule has 1 amide bonds. The molecular weight excluding hydrogens is 695 g/mol. The third-order valence-corrected chi connectivity index (χ3v) is 6.42. The molecule has 0 spiro atoms. The zero-order valence-corrected chi connectivity index (χ0v) is 27.7. The van der Waals surface area contributed by atoms with E-state index in [2.05, 4.69) is 0 Å². The average molecular weight is 732 g/mol. The maximum atomic E-state index is 13.0. The van der Waals surface area contributed by atoms with Crippen molar-refractivity contribution >= 4 is 47.7 Å². The lowest BCUT2D eigenvalue weighted by Crippen LogP contribution is -2.65. The molecule has 50 heavy (non-hydrogen) atoms. The van der Waals surface area contributed by atoms with Gasteiger partial charge in [0.15, 0.2) is 36.8 Å². The van der Waals surface area contributed by atoms with Gasteiger partial charge in [0.05, 0.1) is 6.61 Å². The minimum atomic E-state index is -5.35. The van der Waals surface area contributed by atoms with Crippen molar-refractivity contribution in [3.05, 3.63) is 0 Å². The maximum absolute atomic E-state index is 13.0. The quantitative estimate of drug-likeness (QED) is 0.192. The summed E-state index contributed by atoms with van der Waals surface area (Å²) in [4.78, 5) is 95.8. The van der Waals surface area contributed by atoms with Gasteiger partial charge < -0.3 is 52.7 Å². The minimum Gasteiger partial charge on any atom is -0.456 e. The van der Waals surface area contributed by atoms with E-state index in [0.717, 1.165) is 48.5 Å². The van der Waals surface area contributed by atoms with Gasteiger partial charge >= 0.3 is 53.9 Å². The van der Waals surface area contributed by atoms with E-state index in [9.17, 15) is 51.5 Å². The van der Waals surface area contributed by atoms with Gasteiger partial charge in [0.2, 0.25) is 12.4 Å². The van der Waals surface area contributed by atoms with E-state index in [1.165, 1.54) is 0 Å². The lowest BCUT2D eigenvalue weighted by Gasteiger charge is -2.46. The number of hydrogen-bond acceptors (Lipinski definition) is 18. The molecule has 10 atom stereocenters. The van der Waals surface area contributed by atoms with E-state index in [4.69, 9.17) is 47.4 Å². The van der Waals surface area contributed by atoms with Crippen LogP contribution in [0.4, 0.5) is 13.2 Å². The van der Waals surface area contributed by atoms with Crippen LogP contribution in [0.2, 0.25) is 0 Å². The summed E-state index contributed by atoms with van der Waals surface area (Å²) in [7, 11) is 0. The van der Waals surface area contributed by atoms with Crippen LogP contribution in [0, 0.1) is 0 Å². The Labute approximate surface area is 281 Å². The molecule has 2 fully saturated rings. The molecule has 0 saturated carbocycles. The van der Waals surface area contributed by atoms with E-state index in [1.807, 2.05) is 0 Å². The van der Waals surface area contributed by atoms with Crippen molar-refractivity contribution in [1.82, 2.24) is 5.32 Å². The van der Waals surface area contributed by atoms with E-state index >= 15 is 0 Å². The third kappa shape index (κ3) is 12.4. The van der Waals surface area contributed by atoms with E-state index < -0.39 is 128 Å². The molecular formula is C28H36F3NO18. The number of esters is 7. The number of ether oxygens (including phenoxy) is 10. The first-order chi connectivity index (χ1) is 23.1. The fraction of sp³-hybridized carbons (Fsp3) is 0.714. The molecule has 0 unspecified atom stereocenters. The molecule has 0 aromatic carbocycles. The maximum Gasteiger partial charge on any atom is 0.471 e. The second kappa shape index (κ2) is 17.9. The first kappa shape index (κ1) is 41.6. The highest BCUT2D eigenvalue weighted by Gasteiger charge is 2.56. The molecule has 2 rings (SSSR count). The predicted octanol–water partition coefficient (Wildman–Crippen LogP) is -0.715. The standard InChI is InChI=1S/C28H36F3NO18/c1-10(33)42-19-17(8-32-27(40)28(29,30)31)49-25(23(46-14(5)37)21(19)44-12(3)35)41-9-18-20(43-11(2)34)22(45-13(4)36)24(47-15(6)38)26(50-18)48-16(7)39/h17-26H,8-9H2,1-7H3,(H,32,40)/t17-,18-,19-,20-,21+,22+,23-,24-,25-,26-/m1/s1. The summed E-state index contributed by atoms with van der Waals surface area (Å²) < 4.78 is 92.7. The highest BCUT2D eigenvalue weighted by Crippen LogP contribution is 2.33. The number of rotatable bonds is 12. The number of carbonyl (C=O) groups excluding carboxylic acids is 8. The summed E-state index contributed by atoms with van der Waals surface area (Å²) in [5.74, 6) is -9.39. The van der Waals surface area contributed by atoms with Crippen LogP contribution in [0.1, 0.15) is 48.5 Å². The van der Waals surface area contributed by atoms with Crippen LogP contribution in [0.25, 0.3) is 0 Å². The van der Waals surface area contributed by atoms with Gasteiger partial charge in [0.25, 0.3) is 0 Å². The van der Waals surface area contributed by atoms with Crippen molar-refractivity contribution in [3.63, 3.8) is 0 Å². The SMILES string of the molecule is CC(=O)O[C@@H]1O[C@H](CO[C@@H]2O[C@H](CNC(=O)C(F)(F)F)[C@@H](OC(C)=O)[C@H](OC(C)=O)[C@H]2OC(C)=O)[C@@H](OC(C)=O)[C@H](OC(C)=O)[C@H]1OC(C)=O. The highest BCUT2D eigenvalue weighted by atomic mass is 19.4. The Morgan fingerprint density at radius 2 is 0.840 bits per heavy atom. The predicted molar refractivity (Wildman–Crippen MR) is 147 cm³/mol. The summed E-state index contributed by atoms with van der Waals surface area (Å²) in [6, 6.07) is 0. The highest BCUT2D eigenvalue weighted by molar-refractivity contribution is 5.81. The van der Waals surface area contributed by atoms with Crippen molar-refractivity contribution in [2.75, 3.05) is 13.2 Å². The first-order valence-corrected chi connectivity index (χ1v) is 14.6. The zero-order chi connectivity index (χ0) is 38.1. The van der Waals surface area contributed by atoms with Gasteiger partial charge in [-0.1, -0.05) is 0 Å². The Balaban J connectivity index is 2.59. The number of hydrogen-bond donors (Lipinski definition) is 1. The van der Waals surface area contributed by atoms with E-state index in [1.54, 1.807) is 5.32 Å². The lowest BCUT2D eigenvalue weighted by atomic mass is 9.96. The average Bonchev–Trinajstić information content (AvgIpc) is 2.94. The Bertz CT molecular complexity index is 1310. The molecule has 0 aromatic heterocycles. The third-order valence-electron chi connectivity index (χ3n) is 6.42. The second-order valence-electron chi connectivity index (χ2n) is 10.7. The van der Waals surface area contributed by atoms with Gasteiger partial charge in [-0.05, 0) is 0 Å². The topological polar surface area (TPSA) is 241 Å². The summed E-state index contributed by atoms with van der Waals surface area (Å²) in [6.45, 7) is 4.72. The summed E-state index contributed by atoms with van der Waals surface area (Å²) in [5.41, 5.74) is 0. The van der Waals surface area contributed by atoms with Crippen LogP contribution in [-0.4, -0.2) is 128 Å². The van der Waals surface area contributed by atoms with E-state index in [0.29, 0.717) is 0 Å². The minimum absolute atomic E-state index is 0.838. The Morgan fingerprint density at radius 3 is 1.24 bits per heavy atom. The van der Waals surface area contributed by atoms with Crippen LogP contribution < -0.4 is 5.32 Å². The molecule has 22 heteroatoms. The largest absolute Gasteiger partial charge is 0.471 e. The fourth-order valence-electron chi connectivity index (χ4n) is 4.88. The van der Waals surface area contributed by atoms with Crippen molar-refractivity contribution < 1.29 is 98.9 Å². The van der Waals surface area contributed by atoms with Gasteiger partial charge in [-0.25, -0.2) is 0 Å². The molecule has 0 bridgehead atoms. The van der Waals surface area contributed by atoms with Crippen LogP contribution in [0.3, 0.4) is 0 Å². The molecule has 0 aromatic rings. The Hall–Kier alpha value is -4.57. The van der Waals surface area contributed by atoms with E-state index in [-0.39, 0.29) is 0 Å². The molecule has 0 radical (unpaired) electrons. The zero-order valence-electron chi connectivity index (χ0n) is 27.7. The molecule has 282 valence electrons. The lowest BCUT2D eigenvalue weighted by molar-refractivity contribution is -0.328. The number of halogens is 3. The second-order valence-corrected chi connectivity index (χ2v) is 10.7. The first-order valence-electron chi connectivity index (χ1n) is 14.6. The van der Waals surface area contributed by atoms with Gasteiger partial charge in [0.1, 0.15) is 12.2 Å². The smallest absolute Gasteiger partial charge is 0.456 e. The Kier molecular flexibility index (Phi) is 14.9. The van der Waals surface area contributed by atoms with Gasteiger partial charge in [-0.15, -0.1) is 0 Å². The van der Waals surface area contributed by atoms with Crippen molar-refractivity contribution in [3.8, 4) is 0 Å². The molecule has 1 N–H and O–H groups in total. The van der Waals surface area contributed by atoms with Crippen LogP contribution in [-0.2, 0) is 85.7 Å². The number of alkyl halides is 3. The van der Waals surface area contributed by atoms with Crippen molar-refractivity contribution in [1.29, 1.82) is 0 Å². The van der Waals surface area contributed by atoms with Crippen LogP contribution >= 0.6 is 0 Å². The summed E-state index contributed by atoms with van der Waals surface area (Å²) >= 11 is 0. The summed E-state index contributed by atoms with van der Waals surface area (Å²) in [6.07, 6.45) is -23.0. The van der Waals surface area contributed by atoms with Crippen molar-refractivity contribution in [2.24, 2.45) is 0 Å². The van der Waals surface area contributed by atoms with Gasteiger partial charge in [0, 0.05) is 55.0 Å². The monoisotopic (exact) mass is 731 g/mol. The Morgan fingerprint density at radius 1 is 0.500 bits per heavy atom. The van der Waals surface area contributed by atoms with Gasteiger partial charge in [-0.2, -0.15) is 13.2 Å². The molecule has 0 aliphatic carbocycles. The fourth-order valence-corrected chi connectivity index (χ4v) is 4.88. The number of nitrogens with one attached hydrogen (secondary N) is 1. The summed E-state index contributed by atoms with van der Waals surface area (Å²) in [5, 5.41) is 1.54. The molecule has 2 aliphatic rings. The molecule has 19 nitrogen and oxygen atoms in total.